The molecule has 0 unspecified atom stereocenters. The first-order chi connectivity index (χ1) is 8.71. The van der Waals surface area contributed by atoms with Crippen LogP contribution < -0.4 is 5.32 Å². The van der Waals surface area contributed by atoms with Crippen LogP contribution in [0.25, 0.3) is 0 Å². The van der Waals surface area contributed by atoms with E-state index in [0.717, 1.165) is 10.4 Å². The summed E-state index contributed by atoms with van der Waals surface area (Å²) in [4.78, 5) is 20.4. The molecule has 0 atom stereocenters. The number of nitrogens with one attached hydrogen (secondary N) is 1. The van der Waals surface area contributed by atoms with Crippen LogP contribution in [0.5, 0.6) is 0 Å². The summed E-state index contributed by atoms with van der Waals surface area (Å²) in [6.45, 7) is 1.50. The average molecular weight is 287 g/mol. The van der Waals surface area contributed by atoms with Crippen molar-refractivity contribution in [2.45, 2.75) is 11.8 Å². The summed E-state index contributed by atoms with van der Waals surface area (Å²) in [5.74, 6) is 0. The first kappa shape index (κ1) is 15.1. The number of hydrogen-bond acceptors (Lipinski definition) is 5. The lowest BCUT2D eigenvalue weighted by atomic mass is 10.2. The van der Waals surface area contributed by atoms with Gasteiger partial charge in [-0.3, -0.25) is 14.9 Å². The van der Waals surface area contributed by atoms with Gasteiger partial charge in [-0.2, -0.15) is 0 Å². The molecule has 104 valence electrons. The standard InChI is InChI=1S/C10H13N3O5S/c1-7-4-8(11-6-14)9(13(15)16)5-10(7)19(17,18)12(2)3/h4-6H,1-3H3,(H,11,14). The minimum absolute atomic E-state index is 0.0461. The minimum Gasteiger partial charge on any atom is -0.323 e. The van der Waals surface area contributed by atoms with Crippen LogP contribution in [-0.4, -0.2) is 38.2 Å². The molecule has 9 heteroatoms. The highest BCUT2D eigenvalue weighted by Crippen LogP contribution is 2.31. The zero-order chi connectivity index (χ0) is 14.8. The number of carbonyl (C=O) groups is 1. The van der Waals surface area contributed by atoms with Crippen molar-refractivity contribution in [1.82, 2.24) is 4.31 Å². The van der Waals surface area contributed by atoms with Gasteiger partial charge in [0, 0.05) is 20.2 Å². The van der Waals surface area contributed by atoms with Gasteiger partial charge in [-0.25, -0.2) is 12.7 Å². The van der Waals surface area contributed by atoms with Crippen molar-refractivity contribution in [2.75, 3.05) is 19.4 Å². The number of sulfonamides is 1. The fourth-order valence-electron chi connectivity index (χ4n) is 1.48. The molecule has 0 saturated heterocycles. The van der Waals surface area contributed by atoms with E-state index in [1.807, 2.05) is 0 Å². The first-order valence-corrected chi connectivity index (χ1v) is 6.57. The summed E-state index contributed by atoms with van der Waals surface area (Å²) in [6.07, 6.45) is 0.294. The second kappa shape index (κ2) is 5.33. The Kier molecular flexibility index (Phi) is 4.22. The number of nitro benzene ring substituents is 1. The van der Waals surface area contributed by atoms with Crippen molar-refractivity contribution in [3.8, 4) is 0 Å². The Bertz CT molecular complexity index is 624. The molecule has 0 aliphatic carbocycles. The predicted molar refractivity (Wildman–Crippen MR) is 68.4 cm³/mol. The van der Waals surface area contributed by atoms with Crippen LogP contribution in [0.2, 0.25) is 0 Å². The highest BCUT2D eigenvalue weighted by molar-refractivity contribution is 7.89. The predicted octanol–water partition coefficient (Wildman–Crippen LogP) is 0.722. The van der Waals surface area contributed by atoms with Gasteiger partial charge in [0.2, 0.25) is 16.4 Å². The molecule has 0 aliphatic heterocycles. The number of carbonyl (C=O) groups excluding carboxylic acids is 1. The number of nitrogens with zero attached hydrogens (tertiary/aromatic N) is 2. The summed E-state index contributed by atoms with van der Waals surface area (Å²) < 4.78 is 25.0. The summed E-state index contributed by atoms with van der Waals surface area (Å²) in [5, 5.41) is 13.1. The molecular formula is C10H13N3O5S. The second-order valence-corrected chi connectivity index (χ2v) is 6.06. The fraction of sp³-hybridized carbons (Fsp3) is 0.300. The number of nitro groups is 1. The van der Waals surface area contributed by atoms with Crippen LogP contribution in [0.4, 0.5) is 11.4 Å². The van der Waals surface area contributed by atoms with Crippen LogP contribution in [0.3, 0.4) is 0 Å². The van der Waals surface area contributed by atoms with E-state index < -0.39 is 20.6 Å². The van der Waals surface area contributed by atoms with E-state index in [9.17, 15) is 23.3 Å². The maximum absolute atomic E-state index is 12.0. The van der Waals surface area contributed by atoms with E-state index in [0.29, 0.717) is 12.0 Å². The zero-order valence-corrected chi connectivity index (χ0v) is 11.4. The molecule has 1 N–H and O–H groups in total. The summed E-state index contributed by atoms with van der Waals surface area (Å²) in [7, 11) is -1.12. The van der Waals surface area contributed by atoms with Gasteiger partial charge >= 0.3 is 0 Å². The van der Waals surface area contributed by atoms with Crippen molar-refractivity contribution in [3.05, 3.63) is 27.8 Å². The molecule has 8 nitrogen and oxygen atoms in total. The monoisotopic (exact) mass is 287 g/mol. The molecule has 1 aromatic rings. The quantitative estimate of drug-likeness (QED) is 0.487. The van der Waals surface area contributed by atoms with E-state index in [2.05, 4.69) is 5.32 Å². The molecule has 0 radical (unpaired) electrons. The molecular weight excluding hydrogens is 274 g/mol. The van der Waals surface area contributed by atoms with Crippen molar-refractivity contribution in [3.63, 3.8) is 0 Å². The van der Waals surface area contributed by atoms with Gasteiger partial charge in [0.1, 0.15) is 5.69 Å². The summed E-state index contributed by atoms with van der Waals surface area (Å²) in [6, 6.07) is 2.19. The Hall–Kier alpha value is -2.00. The zero-order valence-electron chi connectivity index (χ0n) is 10.6. The van der Waals surface area contributed by atoms with Crippen molar-refractivity contribution in [2.24, 2.45) is 0 Å². The van der Waals surface area contributed by atoms with Gasteiger partial charge in [-0.1, -0.05) is 0 Å². The van der Waals surface area contributed by atoms with Crippen LogP contribution in [0.15, 0.2) is 17.0 Å². The number of amides is 1. The SMILES string of the molecule is Cc1cc(NC=O)c([N+](=O)[O-])cc1S(=O)(=O)N(C)C. The Morgan fingerprint density at radius 2 is 1.95 bits per heavy atom. The largest absolute Gasteiger partial charge is 0.323 e. The molecule has 0 bridgehead atoms. The Balaban J connectivity index is 3.58. The van der Waals surface area contributed by atoms with E-state index in [4.69, 9.17) is 0 Å². The topological polar surface area (TPSA) is 110 Å². The molecule has 0 heterocycles. The molecule has 1 amide bonds. The molecule has 0 saturated carbocycles. The highest BCUT2D eigenvalue weighted by atomic mass is 32.2. The molecule has 0 aromatic heterocycles. The molecule has 19 heavy (non-hydrogen) atoms. The molecule has 1 rings (SSSR count). The van der Waals surface area contributed by atoms with Crippen LogP contribution in [-0.2, 0) is 14.8 Å². The maximum atomic E-state index is 12.0. The third-order valence-corrected chi connectivity index (χ3v) is 4.42. The van der Waals surface area contributed by atoms with Crippen LogP contribution >= 0.6 is 0 Å². The van der Waals surface area contributed by atoms with Crippen molar-refractivity contribution in [1.29, 1.82) is 0 Å². The number of aryl methyl sites for hydroxylation is 1. The Morgan fingerprint density at radius 1 is 1.37 bits per heavy atom. The van der Waals surface area contributed by atoms with Gasteiger partial charge < -0.3 is 5.32 Å². The van der Waals surface area contributed by atoms with Gasteiger partial charge in [0.15, 0.2) is 0 Å². The smallest absolute Gasteiger partial charge is 0.294 e. The van der Waals surface area contributed by atoms with E-state index in [1.54, 1.807) is 0 Å². The Morgan fingerprint density at radius 3 is 2.37 bits per heavy atom. The number of rotatable bonds is 5. The van der Waals surface area contributed by atoms with E-state index >= 15 is 0 Å². The highest BCUT2D eigenvalue weighted by Gasteiger charge is 2.25. The van der Waals surface area contributed by atoms with Crippen molar-refractivity contribution >= 4 is 27.8 Å². The summed E-state index contributed by atoms with van der Waals surface area (Å²) in [5.41, 5.74) is -0.211. The molecule has 0 spiro atoms. The van der Waals surface area contributed by atoms with Gasteiger partial charge in [0.05, 0.1) is 9.82 Å². The Labute approximate surface area is 110 Å². The average Bonchev–Trinajstić information content (AvgIpc) is 2.28. The lowest BCUT2D eigenvalue weighted by Gasteiger charge is -2.14. The normalized spacial score (nSPS) is 11.4. The lowest BCUT2D eigenvalue weighted by molar-refractivity contribution is -0.384. The second-order valence-electron chi connectivity index (χ2n) is 3.94. The van der Waals surface area contributed by atoms with Crippen LogP contribution in [0, 0.1) is 17.0 Å². The van der Waals surface area contributed by atoms with Crippen molar-refractivity contribution < 1.29 is 18.1 Å². The first-order valence-electron chi connectivity index (χ1n) is 5.13. The molecule has 1 aromatic carbocycles. The maximum Gasteiger partial charge on any atom is 0.294 e. The summed E-state index contributed by atoms with van der Waals surface area (Å²) >= 11 is 0. The lowest BCUT2D eigenvalue weighted by Crippen LogP contribution is -2.23. The van der Waals surface area contributed by atoms with Gasteiger partial charge in [-0.15, -0.1) is 0 Å². The van der Waals surface area contributed by atoms with E-state index in [1.165, 1.54) is 27.1 Å². The van der Waals surface area contributed by atoms with Gasteiger partial charge in [0.25, 0.3) is 5.69 Å². The third-order valence-electron chi connectivity index (χ3n) is 2.46. The number of anilines is 1. The molecule has 0 fully saturated rings. The third kappa shape index (κ3) is 2.88. The number of hydrogen-bond donors (Lipinski definition) is 1. The molecule has 0 aliphatic rings. The number of benzene rings is 1. The van der Waals surface area contributed by atoms with E-state index in [-0.39, 0.29) is 10.6 Å². The minimum atomic E-state index is -3.78. The fourth-order valence-corrected chi connectivity index (χ4v) is 2.60. The van der Waals surface area contributed by atoms with Gasteiger partial charge in [-0.05, 0) is 18.6 Å². The van der Waals surface area contributed by atoms with Crippen LogP contribution in [0.1, 0.15) is 5.56 Å².